The third-order valence-electron chi connectivity index (χ3n) is 4.52. The van der Waals surface area contributed by atoms with Crippen molar-refractivity contribution >= 4 is 21.7 Å². The smallest absolute Gasteiger partial charge is 0.131 e. The van der Waals surface area contributed by atoms with Crippen LogP contribution in [0.3, 0.4) is 0 Å². The number of hydrogen-bond donors (Lipinski definition) is 1. The number of aromatic nitrogens is 1. The standard InChI is InChI=1S/C15H22BrN3/c1-3-19(15-10(2)6-11(16)9-17-15)14-7-12-4-5-13(8-14)18-12/h6,9,12-14,18H,3-5,7-8H2,1-2H3. The number of fused-ring (bicyclic) bond motifs is 2. The van der Waals surface area contributed by atoms with Crippen molar-refractivity contribution in [3.63, 3.8) is 0 Å². The lowest BCUT2D eigenvalue weighted by Crippen LogP contribution is -2.48. The van der Waals surface area contributed by atoms with Gasteiger partial charge >= 0.3 is 0 Å². The summed E-state index contributed by atoms with van der Waals surface area (Å²) in [6.45, 7) is 5.44. The summed E-state index contributed by atoms with van der Waals surface area (Å²) in [5.74, 6) is 1.16. The third kappa shape index (κ3) is 2.65. The minimum Gasteiger partial charge on any atom is -0.354 e. The zero-order valence-corrected chi connectivity index (χ0v) is 13.3. The highest BCUT2D eigenvalue weighted by Gasteiger charge is 2.36. The van der Waals surface area contributed by atoms with Gasteiger partial charge in [-0.3, -0.25) is 0 Å². The Balaban J connectivity index is 1.83. The van der Waals surface area contributed by atoms with E-state index in [1.807, 2.05) is 6.20 Å². The largest absolute Gasteiger partial charge is 0.354 e. The number of halogens is 1. The number of nitrogens with zero attached hydrogens (tertiary/aromatic N) is 2. The van der Waals surface area contributed by atoms with Crippen LogP contribution in [0.25, 0.3) is 0 Å². The van der Waals surface area contributed by atoms with Crippen molar-refractivity contribution in [3.05, 3.63) is 22.3 Å². The van der Waals surface area contributed by atoms with E-state index in [1.54, 1.807) is 0 Å². The van der Waals surface area contributed by atoms with E-state index in [2.05, 4.69) is 51.0 Å². The Morgan fingerprint density at radius 3 is 2.63 bits per heavy atom. The first kappa shape index (κ1) is 13.4. The SMILES string of the molecule is CCN(c1ncc(Br)cc1C)C1CC2CCC(C1)N2. The van der Waals surface area contributed by atoms with E-state index >= 15 is 0 Å². The highest BCUT2D eigenvalue weighted by atomic mass is 79.9. The van der Waals surface area contributed by atoms with Crippen molar-refractivity contribution in [2.75, 3.05) is 11.4 Å². The summed E-state index contributed by atoms with van der Waals surface area (Å²) in [5, 5.41) is 3.72. The quantitative estimate of drug-likeness (QED) is 0.925. The molecule has 2 unspecified atom stereocenters. The second-order valence-electron chi connectivity index (χ2n) is 5.84. The third-order valence-corrected chi connectivity index (χ3v) is 4.95. The Bertz CT molecular complexity index is 451. The number of anilines is 1. The summed E-state index contributed by atoms with van der Waals surface area (Å²) in [5.41, 5.74) is 1.27. The second kappa shape index (κ2) is 5.41. The monoisotopic (exact) mass is 323 g/mol. The van der Waals surface area contributed by atoms with Crippen LogP contribution in [0.1, 0.15) is 38.2 Å². The number of pyridine rings is 1. The minimum atomic E-state index is 0.649. The molecule has 2 aliphatic heterocycles. The Morgan fingerprint density at radius 1 is 1.37 bits per heavy atom. The summed E-state index contributed by atoms with van der Waals surface area (Å²) < 4.78 is 1.06. The van der Waals surface area contributed by atoms with Crippen LogP contribution in [-0.4, -0.2) is 29.7 Å². The molecule has 0 radical (unpaired) electrons. The molecule has 3 rings (SSSR count). The van der Waals surface area contributed by atoms with Crippen LogP contribution in [0.5, 0.6) is 0 Å². The highest BCUT2D eigenvalue weighted by molar-refractivity contribution is 9.10. The Hall–Kier alpha value is -0.610. The van der Waals surface area contributed by atoms with Crippen molar-refractivity contribution in [1.82, 2.24) is 10.3 Å². The average molecular weight is 324 g/mol. The first-order valence-electron chi connectivity index (χ1n) is 7.32. The lowest BCUT2D eigenvalue weighted by Gasteiger charge is -2.38. The van der Waals surface area contributed by atoms with Gasteiger partial charge in [0, 0.05) is 35.3 Å². The van der Waals surface area contributed by atoms with E-state index in [4.69, 9.17) is 0 Å². The first-order chi connectivity index (χ1) is 9.17. The molecule has 104 valence electrons. The zero-order valence-electron chi connectivity index (χ0n) is 11.7. The van der Waals surface area contributed by atoms with Crippen LogP contribution < -0.4 is 10.2 Å². The van der Waals surface area contributed by atoms with Gasteiger partial charge in [-0.15, -0.1) is 0 Å². The molecule has 0 saturated carbocycles. The van der Waals surface area contributed by atoms with Crippen LogP contribution >= 0.6 is 15.9 Å². The van der Waals surface area contributed by atoms with Crippen LogP contribution in [-0.2, 0) is 0 Å². The molecular weight excluding hydrogens is 302 g/mol. The number of rotatable bonds is 3. The number of nitrogens with one attached hydrogen (secondary N) is 1. The molecule has 1 aromatic rings. The number of aryl methyl sites for hydroxylation is 1. The fraction of sp³-hybridized carbons (Fsp3) is 0.667. The Morgan fingerprint density at radius 2 is 2.05 bits per heavy atom. The molecule has 1 aromatic heterocycles. The van der Waals surface area contributed by atoms with Crippen LogP contribution in [0.15, 0.2) is 16.7 Å². The van der Waals surface area contributed by atoms with Gasteiger partial charge in [-0.2, -0.15) is 0 Å². The van der Waals surface area contributed by atoms with Gasteiger partial charge in [-0.1, -0.05) is 0 Å². The predicted molar refractivity (Wildman–Crippen MR) is 82.7 cm³/mol. The fourth-order valence-corrected chi connectivity index (χ4v) is 4.14. The molecule has 2 bridgehead atoms. The Kier molecular flexibility index (Phi) is 3.81. The minimum absolute atomic E-state index is 0.649. The second-order valence-corrected chi connectivity index (χ2v) is 6.76. The molecule has 2 atom stereocenters. The number of hydrogen-bond acceptors (Lipinski definition) is 3. The predicted octanol–water partition coefficient (Wildman–Crippen LogP) is 3.26. The van der Waals surface area contributed by atoms with Gasteiger partial charge in [-0.25, -0.2) is 4.98 Å². The molecule has 19 heavy (non-hydrogen) atoms. The summed E-state index contributed by atoms with van der Waals surface area (Å²) in [4.78, 5) is 7.16. The van der Waals surface area contributed by atoms with E-state index in [-0.39, 0.29) is 0 Å². The van der Waals surface area contributed by atoms with Gasteiger partial charge in [0.15, 0.2) is 0 Å². The van der Waals surface area contributed by atoms with Crippen LogP contribution in [0.4, 0.5) is 5.82 Å². The van der Waals surface area contributed by atoms with Gasteiger partial charge in [0.25, 0.3) is 0 Å². The van der Waals surface area contributed by atoms with Gasteiger partial charge in [-0.05, 0) is 67.1 Å². The lowest BCUT2D eigenvalue weighted by molar-refractivity contribution is 0.347. The summed E-state index contributed by atoms with van der Waals surface area (Å²) in [6, 6.07) is 4.28. The molecule has 3 nitrogen and oxygen atoms in total. The molecule has 0 aromatic carbocycles. The first-order valence-corrected chi connectivity index (χ1v) is 8.11. The molecule has 4 heteroatoms. The number of piperidine rings is 1. The van der Waals surface area contributed by atoms with E-state index in [0.29, 0.717) is 6.04 Å². The van der Waals surface area contributed by atoms with Crippen LogP contribution in [0.2, 0.25) is 0 Å². The molecule has 2 aliphatic rings. The van der Waals surface area contributed by atoms with Gasteiger partial charge in [0.2, 0.25) is 0 Å². The molecule has 2 fully saturated rings. The van der Waals surface area contributed by atoms with E-state index in [9.17, 15) is 0 Å². The average Bonchev–Trinajstić information content (AvgIpc) is 2.72. The van der Waals surface area contributed by atoms with Crippen molar-refractivity contribution in [3.8, 4) is 0 Å². The van der Waals surface area contributed by atoms with Crippen molar-refractivity contribution in [1.29, 1.82) is 0 Å². The van der Waals surface area contributed by atoms with Crippen molar-refractivity contribution in [2.45, 2.75) is 57.7 Å². The summed E-state index contributed by atoms with van der Waals surface area (Å²) >= 11 is 3.50. The maximum atomic E-state index is 4.65. The van der Waals surface area contributed by atoms with Crippen molar-refractivity contribution < 1.29 is 0 Å². The maximum Gasteiger partial charge on any atom is 0.131 e. The van der Waals surface area contributed by atoms with Gasteiger partial charge in [0.1, 0.15) is 5.82 Å². The van der Waals surface area contributed by atoms with Gasteiger partial charge in [0.05, 0.1) is 0 Å². The molecule has 3 heterocycles. The molecular formula is C15H22BrN3. The molecule has 1 N–H and O–H groups in total. The maximum absolute atomic E-state index is 4.65. The van der Waals surface area contributed by atoms with E-state index in [0.717, 1.165) is 28.9 Å². The van der Waals surface area contributed by atoms with E-state index in [1.165, 1.54) is 31.2 Å². The Labute approximate surface area is 123 Å². The van der Waals surface area contributed by atoms with Crippen molar-refractivity contribution in [2.24, 2.45) is 0 Å². The summed E-state index contributed by atoms with van der Waals surface area (Å²) in [6.07, 6.45) is 7.15. The fourth-order valence-electron chi connectivity index (χ4n) is 3.70. The lowest BCUT2D eigenvalue weighted by atomic mass is 9.97. The topological polar surface area (TPSA) is 28.2 Å². The molecule has 0 aliphatic carbocycles. The molecule has 0 amide bonds. The van der Waals surface area contributed by atoms with E-state index < -0.39 is 0 Å². The van der Waals surface area contributed by atoms with Crippen LogP contribution in [0, 0.1) is 6.92 Å². The summed E-state index contributed by atoms with van der Waals surface area (Å²) in [7, 11) is 0. The van der Waals surface area contributed by atoms with Gasteiger partial charge < -0.3 is 10.2 Å². The highest BCUT2D eigenvalue weighted by Crippen LogP contribution is 2.32. The molecule has 0 spiro atoms. The molecule has 2 saturated heterocycles. The zero-order chi connectivity index (χ0) is 13.4. The normalized spacial score (nSPS) is 29.5.